The van der Waals surface area contributed by atoms with Crippen LogP contribution in [-0.2, 0) is 7.05 Å². The molecule has 4 nitrogen and oxygen atoms in total. The van der Waals surface area contributed by atoms with Gasteiger partial charge in [0.05, 0.1) is 16.2 Å². The summed E-state index contributed by atoms with van der Waals surface area (Å²) in [6.45, 7) is 0. The second-order valence-electron chi connectivity index (χ2n) is 2.96. The summed E-state index contributed by atoms with van der Waals surface area (Å²) in [7, 11) is 1.70. The Kier molecular flexibility index (Phi) is 2.97. The molecule has 2 aromatic rings. The minimum atomic E-state index is -0.846. The van der Waals surface area contributed by atoms with Crippen molar-refractivity contribution in [2.45, 2.75) is 6.10 Å². The summed E-state index contributed by atoms with van der Waals surface area (Å²) < 4.78 is 2.52. The lowest BCUT2D eigenvalue weighted by atomic mass is 10.1. The Bertz CT molecular complexity index is 482. The van der Waals surface area contributed by atoms with Crippen molar-refractivity contribution >= 4 is 34.5 Å². The lowest BCUT2D eigenvalue weighted by molar-refractivity contribution is 0.210. The summed E-state index contributed by atoms with van der Waals surface area (Å²) in [6.07, 6.45) is 0.647. The molecule has 0 radical (unpaired) electrons. The van der Waals surface area contributed by atoms with E-state index in [4.69, 9.17) is 23.2 Å². The monoisotopic (exact) mass is 263 g/mol. The van der Waals surface area contributed by atoms with Crippen LogP contribution >= 0.6 is 34.5 Å². The predicted molar refractivity (Wildman–Crippen MR) is 59.4 cm³/mol. The Morgan fingerprint density at radius 2 is 2.27 bits per heavy atom. The fourth-order valence-electron chi connectivity index (χ4n) is 1.24. The first kappa shape index (κ1) is 10.9. The second kappa shape index (κ2) is 4.09. The highest BCUT2D eigenvalue weighted by Gasteiger charge is 2.19. The van der Waals surface area contributed by atoms with E-state index in [1.54, 1.807) is 13.1 Å². The molecule has 1 atom stereocenters. The maximum atomic E-state index is 10.0. The van der Waals surface area contributed by atoms with Gasteiger partial charge in [-0.25, -0.2) is 4.68 Å². The van der Waals surface area contributed by atoms with Crippen LogP contribution in [0.25, 0.3) is 0 Å². The van der Waals surface area contributed by atoms with Gasteiger partial charge >= 0.3 is 0 Å². The third-order valence-electron chi connectivity index (χ3n) is 2.01. The number of halogens is 2. The molecule has 0 fully saturated rings. The van der Waals surface area contributed by atoms with Gasteiger partial charge < -0.3 is 5.11 Å². The fourth-order valence-corrected chi connectivity index (χ4v) is 2.76. The minimum Gasteiger partial charge on any atom is -0.382 e. The first-order chi connectivity index (χ1) is 7.09. The van der Waals surface area contributed by atoms with Crippen molar-refractivity contribution in [1.82, 2.24) is 15.0 Å². The first-order valence-electron chi connectivity index (χ1n) is 4.07. The van der Waals surface area contributed by atoms with Crippen molar-refractivity contribution in [3.63, 3.8) is 0 Å². The molecule has 0 aliphatic carbocycles. The molecule has 0 aliphatic rings. The number of nitrogens with zero attached hydrogens (tertiary/aromatic N) is 3. The zero-order chi connectivity index (χ0) is 11.0. The second-order valence-corrected chi connectivity index (χ2v) is 5.25. The molecule has 80 valence electrons. The summed E-state index contributed by atoms with van der Waals surface area (Å²) in [5.74, 6) is 0. The molecule has 2 rings (SSSR count). The molecular weight excluding hydrogens is 257 g/mol. The van der Waals surface area contributed by atoms with Crippen LogP contribution in [0.2, 0.25) is 8.67 Å². The molecule has 0 aliphatic heterocycles. The highest BCUT2D eigenvalue weighted by Crippen LogP contribution is 2.36. The van der Waals surface area contributed by atoms with Crippen molar-refractivity contribution in [2.24, 2.45) is 7.05 Å². The maximum Gasteiger partial charge on any atom is 0.125 e. The van der Waals surface area contributed by atoms with E-state index in [0.717, 1.165) is 0 Å². The van der Waals surface area contributed by atoms with Crippen LogP contribution in [0.15, 0.2) is 12.3 Å². The first-order valence-corrected chi connectivity index (χ1v) is 5.64. The molecule has 0 bridgehead atoms. The number of aromatic nitrogens is 3. The smallest absolute Gasteiger partial charge is 0.125 e. The van der Waals surface area contributed by atoms with E-state index in [-0.39, 0.29) is 0 Å². The van der Waals surface area contributed by atoms with Gasteiger partial charge in [0.1, 0.15) is 10.4 Å². The highest BCUT2D eigenvalue weighted by atomic mass is 35.5. The van der Waals surface area contributed by atoms with E-state index in [0.29, 0.717) is 19.9 Å². The summed E-state index contributed by atoms with van der Waals surface area (Å²) in [5.41, 5.74) is 1.16. The van der Waals surface area contributed by atoms with Gasteiger partial charge in [-0.05, 0) is 6.07 Å². The molecule has 7 heteroatoms. The van der Waals surface area contributed by atoms with Crippen LogP contribution in [0.3, 0.4) is 0 Å². The number of aliphatic hydroxyl groups is 1. The maximum absolute atomic E-state index is 10.0. The van der Waals surface area contributed by atoms with Gasteiger partial charge in [0.25, 0.3) is 0 Å². The minimum absolute atomic E-state index is 0.480. The lowest BCUT2D eigenvalue weighted by Crippen LogP contribution is -2.05. The van der Waals surface area contributed by atoms with Crippen LogP contribution in [-0.4, -0.2) is 20.1 Å². The normalized spacial score (nSPS) is 13.1. The highest BCUT2D eigenvalue weighted by molar-refractivity contribution is 7.20. The van der Waals surface area contributed by atoms with Crippen LogP contribution in [0.5, 0.6) is 0 Å². The van der Waals surface area contributed by atoms with Gasteiger partial charge in [0, 0.05) is 12.6 Å². The molecule has 2 aromatic heterocycles. The van der Waals surface area contributed by atoms with Gasteiger partial charge in [-0.15, -0.1) is 16.4 Å². The summed E-state index contributed by atoms with van der Waals surface area (Å²) >= 11 is 13.0. The number of thiophene rings is 1. The van der Waals surface area contributed by atoms with E-state index in [1.807, 2.05) is 0 Å². The van der Waals surface area contributed by atoms with Gasteiger partial charge in [-0.1, -0.05) is 28.4 Å². The average Bonchev–Trinajstić information content (AvgIpc) is 2.71. The van der Waals surface area contributed by atoms with E-state index in [9.17, 15) is 5.11 Å². The summed E-state index contributed by atoms with van der Waals surface area (Å²) in [5, 5.41) is 17.4. The largest absolute Gasteiger partial charge is 0.382 e. The SMILES string of the molecule is Cn1nncc1C(O)c1cc(Cl)sc1Cl. The van der Waals surface area contributed by atoms with Gasteiger partial charge in [-0.2, -0.15) is 0 Å². The third-order valence-corrected chi connectivity index (χ3v) is 3.53. The third kappa shape index (κ3) is 2.01. The van der Waals surface area contributed by atoms with Crippen LogP contribution in [0.1, 0.15) is 17.4 Å². The predicted octanol–water partition coefficient (Wildman–Crippen LogP) is 2.27. The number of aliphatic hydroxyl groups excluding tert-OH is 1. The van der Waals surface area contributed by atoms with Crippen LogP contribution < -0.4 is 0 Å². The van der Waals surface area contributed by atoms with Gasteiger partial charge in [-0.3, -0.25) is 0 Å². The summed E-state index contributed by atoms with van der Waals surface area (Å²) in [6, 6.07) is 1.65. The van der Waals surface area contributed by atoms with Crippen molar-refractivity contribution in [1.29, 1.82) is 0 Å². The molecule has 0 saturated carbocycles. The standard InChI is InChI=1S/C8H7Cl2N3OS/c1-13-5(3-11-12-13)7(14)4-2-6(9)15-8(4)10/h2-3,7,14H,1H3. The Morgan fingerprint density at radius 1 is 1.53 bits per heavy atom. The van der Waals surface area contributed by atoms with E-state index < -0.39 is 6.10 Å². The zero-order valence-corrected chi connectivity index (χ0v) is 10.0. The van der Waals surface area contributed by atoms with Crippen molar-refractivity contribution < 1.29 is 5.11 Å². The van der Waals surface area contributed by atoms with Crippen molar-refractivity contribution in [2.75, 3.05) is 0 Å². The van der Waals surface area contributed by atoms with E-state index >= 15 is 0 Å². The van der Waals surface area contributed by atoms with E-state index in [1.165, 1.54) is 22.2 Å². The molecule has 15 heavy (non-hydrogen) atoms. The van der Waals surface area contributed by atoms with E-state index in [2.05, 4.69) is 10.3 Å². The molecule has 0 saturated heterocycles. The zero-order valence-electron chi connectivity index (χ0n) is 7.69. The number of aryl methyl sites for hydroxylation is 1. The quantitative estimate of drug-likeness (QED) is 0.905. The molecular formula is C8H7Cl2N3OS. The number of hydrogen-bond acceptors (Lipinski definition) is 4. The molecule has 2 heterocycles. The van der Waals surface area contributed by atoms with Crippen LogP contribution in [0.4, 0.5) is 0 Å². The van der Waals surface area contributed by atoms with Gasteiger partial charge in [0.2, 0.25) is 0 Å². The molecule has 0 amide bonds. The Balaban J connectivity index is 2.40. The number of rotatable bonds is 2. The molecule has 0 aromatic carbocycles. The molecule has 0 spiro atoms. The molecule has 1 unspecified atom stereocenters. The van der Waals surface area contributed by atoms with Crippen LogP contribution in [0, 0.1) is 0 Å². The Hall–Kier alpha value is -0.620. The Labute approximate surface area is 100 Å². The van der Waals surface area contributed by atoms with Gasteiger partial charge in [0.15, 0.2) is 0 Å². The Morgan fingerprint density at radius 3 is 2.73 bits per heavy atom. The number of hydrogen-bond donors (Lipinski definition) is 1. The summed E-state index contributed by atoms with van der Waals surface area (Å²) in [4.78, 5) is 0. The average molecular weight is 264 g/mol. The lowest BCUT2D eigenvalue weighted by Gasteiger charge is -2.08. The fraction of sp³-hybridized carbons (Fsp3) is 0.250. The molecule has 1 N–H and O–H groups in total. The van der Waals surface area contributed by atoms with Crippen molar-refractivity contribution in [3.05, 3.63) is 32.2 Å². The topological polar surface area (TPSA) is 50.9 Å². The van der Waals surface area contributed by atoms with Crippen molar-refractivity contribution in [3.8, 4) is 0 Å².